The number of rotatable bonds is 9. The summed E-state index contributed by atoms with van der Waals surface area (Å²) in [6.07, 6.45) is -0.307. The Balaban J connectivity index is 1.43. The number of aromatic nitrogens is 1. The van der Waals surface area contributed by atoms with Gasteiger partial charge in [-0.1, -0.05) is 35.5 Å². The minimum atomic E-state index is -0.911. The summed E-state index contributed by atoms with van der Waals surface area (Å²) in [5.41, 5.74) is 3.32. The number of esters is 1. The van der Waals surface area contributed by atoms with Crippen LogP contribution in [0.2, 0.25) is 0 Å². The molecule has 0 fully saturated rings. The Bertz CT molecular complexity index is 993. The molecule has 1 N–H and O–H groups in total. The number of anilines is 1. The van der Waals surface area contributed by atoms with Crippen molar-refractivity contribution < 1.29 is 23.6 Å². The largest absolute Gasteiger partial charge is 0.489 e. The molecule has 31 heavy (non-hydrogen) atoms. The normalized spacial score (nSPS) is 11.6. The van der Waals surface area contributed by atoms with Gasteiger partial charge >= 0.3 is 5.97 Å². The first-order valence-electron chi connectivity index (χ1n) is 10.1. The number of ether oxygens (including phenoxy) is 2. The molecule has 0 aliphatic rings. The van der Waals surface area contributed by atoms with Crippen LogP contribution in [0.4, 0.5) is 5.69 Å². The molecule has 0 saturated heterocycles. The fraction of sp³-hybridized carbons (Fsp3) is 0.292. The van der Waals surface area contributed by atoms with Crippen molar-refractivity contribution in [1.29, 1.82) is 0 Å². The van der Waals surface area contributed by atoms with E-state index in [1.54, 1.807) is 38.1 Å². The summed E-state index contributed by atoms with van der Waals surface area (Å²) >= 11 is 0. The van der Waals surface area contributed by atoms with Crippen LogP contribution in [-0.4, -0.2) is 23.1 Å². The van der Waals surface area contributed by atoms with Gasteiger partial charge in [-0.3, -0.25) is 9.59 Å². The van der Waals surface area contributed by atoms with Gasteiger partial charge in [0, 0.05) is 17.7 Å². The number of hydrogen-bond acceptors (Lipinski definition) is 6. The predicted molar refractivity (Wildman–Crippen MR) is 116 cm³/mol. The van der Waals surface area contributed by atoms with Crippen LogP contribution in [0.25, 0.3) is 0 Å². The molecule has 7 heteroatoms. The third kappa shape index (κ3) is 6.44. The second-order valence-corrected chi connectivity index (χ2v) is 7.22. The molecule has 0 aliphatic heterocycles. The molecule has 0 radical (unpaired) electrons. The molecule has 162 valence electrons. The molecule has 0 unspecified atom stereocenters. The molecular weight excluding hydrogens is 396 g/mol. The summed E-state index contributed by atoms with van der Waals surface area (Å²) in [6, 6.07) is 16.9. The van der Waals surface area contributed by atoms with E-state index < -0.39 is 18.0 Å². The van der Waals surface area contributed by atoms with Crippen LogP contribution in [-0.2, 0) is 27.4 Å². The van der Waals surface area contributed by atoms with Crippen molar-refractivity contribution >= 4 is 17.6 Å². The fourth-order valence-electron chi connectivity index (χ4n) is 3.01. The van der Waals surface area contributed by atoms with Crippen LogP contribution < -0.4 is 10.1 Å². The lowest BCUT2D eigenvalue weighted by Gasteiger charge is -2.14. The van der Waals surface area contributed by atoms with E-state index in [9.17, 15) is 9.59 Å². The highest BCUT2D eigenvalue weighted by molar-refractivity contribution is 5.95. The van der Waals surface area contributed by atoms with Crippen molar-refractivity contribution in [2.24, 2.45) is 0 Å². The summed E-state index contributed by atoms with van der Waals surface area (Å²) in [4.78, 5) is 24.4. The summed E-state index contributed by atoms with van der Waals surface area (Å²) < 4.78 is 16.1. The maximum absolute atomic E-state index is 12.3. The van der Waals surface area contributed by atoms with Crippen molar-refractivity contribution in [3.05, 3.63) is 77.2 Å². The number of nitrogens with one attached hydrogen (secondary N) is 1. The highest BCUT2D eigenvalue weighted by Crippen LogP contribution is 2.18. The van der Waals surface area contributed by atoms with Crippen LogP contribution in [0, 0.1) is 13.8 Å². The molecule has 0 aliphatic carbocycles. The van der Waals surface area contributed by atoms with Gasteiger partial charge in [-0.25, -0.2) is 0 Å². The maximum atomic E-state index is 12.3. The SMILES string of the molecule is Cc1noc(C)c1CCC(=O)O[C@@H](C)C(=O)Nc1ccc(OCc2ccccc2)cc1. The smallest absolute Gasteiger partial charge is 0.306 e. The third-order valence-electron chi connectivity index (χ3n) is 4.81. The summed E-state index contributed by atoms with van der Waals surface area (Å²) in [5.74, 6) is 0.531. The van der Waals surface area contributed by atoms with E-state index >= 15 is 0 Å². The lowest BCUT2D eigenvalue weighted by atomic mass is 10.1. The highest BCUT2D eigenvalue weighted by atomic mass is 16.5. The zero-order valence-corrected chi connectivity index (χ0v) is 17.9. The molecule has 7 nitrogen and oxygen atoms in total. The van der Waals surface area contributed by atoms with E-state index in [1.165, 1.54) is 0 Å². The molecule has 1 atom stereocenters. The molecule has 1 amide bonds. The van der Waals surface area contributed by atoms with Crippen LogP contribution in [0.1, 0.15) is 35.9 Å². The first-order chi connectivity index (χ1) is 14.9. The van der Waals surface area contributed by atoms with E-state index in [-0.39, 0.29) is 6.42 Å². The van der Waals surface area contributed by atoms with Crippen molar-refractivity contribution in [2.45, 2.75) is 46.3 Å². The summed E-state index contributed by atoms with van der Waals surface area (Å²) in [5, 5.41) is 6.60. The van der Waals surface area contributed by atoms with Gasteiger partial charge in [0.15, 0.2) is 6.10 Å². The Morgan fingerprint density at radius 3 is 2.42 bits per heavy atom. The zero-order valence-electron chi connectivity index (χ0n) is 17.9. The molecule has 0 spiro atoms. The maximum Gasteiger partial charge on any atom is 0.306 e. The first kappa shape index (κ1) is 22.1. The van der Waals surface area contributed by atoms with Crippen LogP contribution in [0.15, 0.2) is 59.1 Å². The van der Waals surface area contributed by atoms with E-state index in [0.717, 1.165) is 16.8 Å². The van der Waals surface area contributed by atoms with E-state index in [0.29, 0.717) is 30.2 Å². The molecule has 3 rings (SSSR count). The van der Waals surface area contributed by atoms with E-state index in [2.05, 4.69) is 10.5 Å². The minimum Gasteiger partial charge on any atom is -0.489 e. The molecular formula is C24H26N2O5. The number of nitrogens with zero attached hydrogens (tertiary/aromatic N) is 1. The zero-order chi connectivity index (χ0) is 22.2. The number of benzene rings is 2. The minimum absolute atomic E-state index is 0.147. The van der Waals surface area contributed by atoms with Gasteiger partial charge in [-0.05, 0) is 57.0 Å². The molecule has 2 aromatic carbocycles. The third-order valence-corrected chi connectivity index (χ3v) is 4.81. The molecule has 3 aromatic rings. The summed E-state index contributed by atoms with van der Waals surface area (Å²) in [6.45, 7) is 5.63. The van der Waals surface area contributed by atoms with Gasteiger partial charge in [0.2, 0.25) is 0 Å². The molecule has 1 heterocycles. The van der Waals surface area contributed by atoms with E-state index in [1.807, 2.05) is 37.3 Å². The molecule has 0 bridgehead atoms. The topological polar surface area (TPSA) is 90.7 Å². The van der Waals surface area contributed by atoms with Crippen molar-refractivity contribution in [2.75, 3.05) is 5.32 Å². The molecule has 1 aromatic heterocycles. The molecule has 0 saturated carbocycles. The quantitative estimate of drug-likeness (QED) is 0.515. The predicted octanol–water partition coefficient (Wildman–Crippen LogP) is 4.37. The van der Waals surface area contributed by atoms with E-state index in [4.69, 9.17) is 14.0 Å². The summed E-state index contributed by atoms with van der Waals surface area (Å²) in [7, 11) is 0. The number of amides is 1. The first-order valence-corrected chi connectivity index (χ1v) is 10.1. The Kier molecular flexibility index (Phi) is 7.43. The number of aryl methyl sites for hydroxylation is 2. The van der Waals surface area contributed by atoms with Crippen molar-refractivity contribution in [3.63, 3.8) is 0 Å². The van der Waals surface area contributed by atoms with Gasteiger partial charge in [-0.2, -0.15) is 0 Å². The Morgan fingerprint density at radius 1 is 1.06 bits per heavy atom. The second-order valence-electron chi connectivity index (χ2n) is 7.22. The fourth-order valence-corrected chi connectivity index (χ4v) is 3.01. The van der Waals surface area contributed by atoms with Gasteiger partial charge in [0.25, 0.3) is 5.91 Å². The Hall–Kier alpha value is -3.61. The van der Waals surface area contributed by atoms with Crippen LogP contribution in [0.3, 0.4) is 0 Å². The standard InChI is InChI=1S/C24H26N2O5/c1-16-22(17(2)31-26-16)13-14-23(27)30-18(3)24(28)25-20-9-11-21(12-10-20)29-15-19-7-5-4-6-8-19/h4-12,18H,13-15H2,1-3H3,(H,25,28)/t18-/m0/s1. The van der Waals surface area contributed by atoms with Gasteiger partial charge in [0.05, 0.1) is 5.69 Å². The van der Waals surface area contributed by atoms with Crippen LogP contribution in [0.5, 0.6) is 5.75 Å². The average molecular weight is 422 g/mol. The number of carbonyl (C=O) groups excluding carboxylic acids is 2. The van der Waals surface area contributed by atoms with Crippen molar-refractivity contribution in [3.8, 4) is 5.75 Å². The van der Waals surface area contributed by atoms with Gasteiger partial charge < -0.3 is 19.3 Å². The Morgan fingerprint density at radius 2 is 1.77 bits per heavy atom. The van der Waals surface area contributed by atoms with Gasteiger partial charge in [-0.15, -0.1) is 0 Å². The highest BCUT2D eigenvalue weighted by Gasteiger charge is 2.19. The van der Waals surface area contributed by atoms with Crippen LogP contribution >= 0.6 is 0 Å². The number of carbonyl (C=O) groups is 2. The Labute approximate surface area is 181 Å². The monoisotopic (exact) mass is 422 g/mol. The van der Waals surface area contributed by atoms with Crippen molar-refractivity contribution in [1.82, 2.24) is 5.16 Å². The van der Waals surface area contributed by atoms with Gasteiger partial charge in [0.1, 0.15) is 18.1 Å². The lowest BCUT2D eigenvalue weighted by molar-refractivity contribution is -0.153. The lowest BCUT2D eigenvalue weighted by Crippen LogP contribution is -2.30. The average Bonchev–Trinajstić information content (AvgIpc) is 3.09. The second kappa shape index (κ2) is 10.4. The number of hydrogen-bond donors (Lipinski definition) is 1.